The van der Waals surface area contributed by atoms with Crippen molar-refractivity contribution in [1.82, 2.24) is 83.6 Å². The third-order valence-electron chi connectivity index (χ3n) is 14.8. The van der Waals surface area contributed by atoms with Gasteiger partial charge < -0.3 is 13.2 Å². The zero-order valence-corrected chi connectivity index (χ0v) is 72.6. The topological polar surface area (TPSA) is 215 Å². The molecule has 17 aromatic rings. The molecule has 18 heteroatoms. The van der Waals surface area contributed by atoms with Crippen molar-refractivity contribution in [3.63, 3.8) is 0 Å². The molecule has 594 valence electrons. The summed E-state index contributed by atoms with van der Waals surface area (Å²) in [5, 5.41) is 3.33. The van der Waals surface area contributed by atoms with Crippen molar-refractivity contribution in [2.45, 2.75) is 201 Å². The van der Waals surface area contributed by atoms with Gasteiger partial charge in [-0.1, -0.05) is 185 Å². The van der Waals surface area contributed by atoms with Gasteiger partial charge in [0.2, 0.25) is 0 Å². The van der Waals surface area contributed by atoms with Gasteiger partial charge in [-0.2, -0.15) is 0 Å². The lowest BCUT2D eigenvalue weighted by molar-refractivity contribution is 0.521. The van der Waals surface area contributed by atoms with Gasteiger partial charge in [-0.3, -0.25) is 39.9 Å². The fraction of sp³-hybridized carbons (Fsp3) is 0.309. The Hall–Kier alpha value is -12.1. The lowest BCUT2D eigenvalue weighted by Crippen LogP contribution is -1.84. The first-order valence-electron chi connectivity index (χ1n) is 39.3. The maximum atomic E-state index is 4.72. The van der Waals surface area contributed by atoms with Gasteiger partial charge in [0.1, 0.15) is 30.2 Å². The third-order valence-corrected chi connectivity index (χ3v) is 14.8. The van der Waals surface area contributed by atoms with Crippen molar-refractivity contribution in [2.24, 2.45) is 0 Å². The zero-order valence-electron chi connectivity index (χ0n) is 72.6. The molecule has 112 heavy (non-hydrogen) atoms. The van der Waals surface area contributed by atoms with E-state index in [2.05, 4.69) is 136 Å². The van der Waals surface area contributed by atoms with Crippen LogP contribution < -0.4 is 0 Å². The molecule has 0 saturated heterocycles. The maximum Gasteiger partial charge on any atom is 0.190 e. The summed E-state index contributed by atoms with van der Waals surface area (Å²) in [6, 6.07) is 46.1. The minimum absolute atomic E-state index is 0.718. The molecular weight excluding hydrogens is 1380 g/mol. The monoisotopic (exact) mass is 1510 g/mol. The molecular formula is C94H127N17O. The molecule has 0 radical (unpaired) electrons. The Kier molecular flexibility index (Phi) is 54.3. The molecule has 0 atom stereocenters. The lowest BCUT2D eigenvalue weighted by Gasteiger charge is -1.97. The van der Waals surface area contributed by atoms with Crippen molar-refractivity contribution in [2.75, 3.05) is 0 Å². The second kappa shape index (κ2) is 60.8. The predicted molar refractivity (Wildman–Crippen MR) is 478 cm³/mol. The van der Waals surface area contributed by atoms with Crippen LogP contribution in [0.3, 0.4) is 0 Å². The van der Waals surface area contributed by atoms with Gasteiger partial charge in [-0.15, -0.1) is 0 Å². The van der Waals surface area contributed by atoms with Crippen LogP contribution in [0.5, 0.6) is 0 Å². The number of hydrogen-bond acceptors (Lipinski definition) is 16. The van der Waals surface area contributed by atoms with Crippen LogP contribution >= 0.6 is 0 Å². The minimum atomic E-state index is 0.718. The van der Waals surface area contributed by atoms with Crippen LogP contribution in [0, 0.1) is 76.2 Å². The summed E-state index contributed by atoms with van der Waals surface area (Å²) in [7, 11) is 0. The Morgan fingerprint density at radius 1 is 0.277 bits per heavy atom. The molecule has 0 N–H and O–H groups in total. The maximum absolute atomic E-state index is 4.72. The molecule has 0 spiro atoms. The normalized spacial score (nSPS) is 9.12. The second-order valence-electron chi connectivity index (χ2n) is 21.7. The van der Waals surface area contributed by atoms with E-state index in [1.54, 1.807) is 75.4 Å². The number of hydrogen-bond donors (Lipinski definition) is 0. The second-order valence-corrected chi connectivity index (χ2v) is 21.7. The Bertz CT molecular complexity index is 4730. The quantitative estimate of drug-likeness (QED) is 0.138. The molecule has 0 amide bonds. The van der Waals surface area contributed by atoms with E-state index in [0.717, 1.165) is 94.4 Å². The number of para-hydroxylation sites is 2. The highest BCUT2D eigenvalue weighted by atomic mass is 16.3. The Morgan fingerprint density at radius 2 is 0.732 bits per heavy atom. The smallest absolute Gasteiger partial charge is 0.190 e. The van der Waals surface area contributed by atoms with Crippen LogP contribution in [0.1, 0.15) is 187 Å². The third kappa shape index (κ3) is 33.8. The van der Waals surface area contributed by atoms with Gasteiger partial charge >= 0.3 is 0 Å². The number of imidazole rings is 2. The molecule has 0 aliphatic carbocycles. The standard InChI is InChI=1S/2C9H10N2.6C9H8N2.C4H5NO.9C2H6/c2*1-7-8(2)11-6-4-3-5-9(11)10-7;1-7-2-5-11-9-3-4-10-6-8(7)9;1-7-2-3-8-5-10-6-11-9(8)4-7;1-7-2-3-8-9(6-7)11-5-4-10-8;1-7-4-6-10-8-3-2-5-11-9(7)8;1-7-3-2-4-8-5-10-6-11-9(7)8;1-7-3-2-4-8-9(7)11-6-5-10-8;1-4-5-2-3-6-4;9*1-2/h2*3-6H,1-2H3;6*2-6H,1H3;2-3H,1H3;9*1-2H3. The van der Waals surface area contributed by atoms with Crippen molar-refractivity contribution in [3.05, 3.63) is 307 Å². The number of oxazole rings is 1. The van der Waals surface area contributed by atoms with Gasteiger partial charge in [0.25, 0.3) is 0 Å². The Labute approximate surface area is 669 Å². The van der Waals surface area contributed by atoms with Crippen LogP contribution in [0.4, 0.5) is 0 Å². The number of fused-ring (bicyclic) bond motifs is 8. The lowest BCUT2D eigenvalue weighted by atomic mass is 10.2. The van der Waals surface area contributed by atoms with Crippen molar-refractivity contribution in [1.29, 1.82) is 0 Å². The van der Waals surface area contributed by atoms with Gasteiger partial charge in [-0.05, 0) is 181 Å². The highest BCUT2D eigenvalue weighted by molar-refractivity contribution is 5.82. The predicted octanol–water partition coefficient (Wildman–Crippen LogP) is 25.8. The Morgan fingerprint density at radius 3 is 1.25 bits per heavy atom. The Balaban J connectivity index is 0.00000121. The molecule has 13 heterocycles. The van der Waals surface area contributed by atoms with Crippen LogP contribution in [0.2, 0.25) is 0 Å². The van der Waals surface area contributed by atoms with E-state index in [-0.39, 0.29) is 0 Å². The summed E-state index contributed by atoms with van der Waals surface area (Å²) in [6.07, 6.45) is 29.9. The molecule has 18 nitrogen and oxygen atoms in total. The summed E-state index contributed by atoms with van der Waals surface area (Å²) < 4.78 is 8.91. The summed E-state index contributed by atoms with van der Waals surface area (Å²) in [5.41, 5.74) is 22.9. The van der Waals surface area contributed by atoms with E-state index in [1.807, 2.05) is 318 Å². The fourth-order valence-electron chi connectivity index (χ4n) is 9.46. The first-order chi connectivity index (χ1) is 54.7. The van der Waals surface area contributed by atoms with Gasteiger partial charge in [0.15, 0.2) is 5.89 Å². The van der Waals surface area contributed by atoms with E-state index in [4.69, 9.17) is 4.42 Å². The number of aryl methyl sites for hydroxylation is 11. The SMILES string of the molecule is CC.CC.CC.CC.CC.CC.CC.CC.CC.Cc1ccc2cncnc2c1.Cc1ccc2nccnc2c1.Cc1cccc2cncnc12.Cc1cccc2nccnc12.Cc1ccnc2cccnc12.Cc1ccnc2ccncc12.Cc1nc2ccccn2c1C.Cc1nc2ccccn2c1C.Cc1ncco1. The summed E-state index contributed by atoms with van der Waals surface area (Å²) >= 11 is 0. The number of benzene rings is 4. The van der Waals surface area contributed by atoms with Crippen molar-refractivity contribution >= 4 is 77.1 Å². The molecule has 0 unspecified atom stereocenters. The van der Waals surface area contributed by atoms with Crippen LogP contribution in [-0.4, -0.2) is 83.6 Å². The van der Waals surface area contributed by atoms with E-state index in [0.29, 0.717) is 0 Å². The van der Waals surface area contributed by atoms with Gasteiger partial charge in [0.05, 0.1) is 67.2 Å². The van der Waals surface area contributed by atoms with Crippen LogP contribution in [-0.2, 0) is 0 Å². The summed E-state index contributed by atoms with van der Waals surface area (Å²) in [5.74, 6) is 0.718. The summed E-state index contributed by atoms with van der Waals surface area (Å²) in [4.78, 5) is 62.0. The zero-order chi connectivity index (χ0) is 84.2. The minimum Gasteiger partial charge on any atom is -0.449 e. The largest absolute Gasteiger partial charge is 0.449 e. The fourth-order valence-corrected chi connectivity index (χ4v) is 9.46. The average molecular weight is 1510 g/mol. The average Bonchev–Trinajstić information content (AvgIpc) is 1.67. The van der Waals surface area contributed by atoms with Crippen LogP contribution in [0.15, 0.2) is 250 Å². The number of rotatable bonds is 0. The van der Waals surface area contributed by atoms with Crippen molar-refractivity contribution in [3.8, 4) is 0 Å². The van der Waals surface area contributed by atoms with E-state index in [9.17, 15) is 0 Å². The molecule has 0 aliphatic rings. The molecule has 0 aliphatic heterocycles. The molecule has 0 saturated carbocycles. The van der Waals surface area contributed by atoms with Gasteiger partial charge in [-0.25, -0.2) is 34.9 Å². The van der Waals surface area contributed by atoms with Crippen molar-refractivity contribution < 1.29 is 4.42 Å². The number of aromatic nitrogens is 17. The van der Waals surface area contributed by atoms with E-state index >= 15 is 0 Å². The molecule has 4 aromatic carbocycles. The number of pyridine rings is 6. The first kappa shape index (κ1) is 100.0. The highest BCUT2D eigenvalue weighted by Crippen LogP contribution is 2.17. The summed E-state index contributed by atoms with van der Waals surface area (Å²) in [6.45, 7) is 58.3. The highest BCUT2D eigenvalue weighted by Gasteiger charge is 2.04. The van der Waals surface area contributed by atoms with E-state index in [1.165, 1.54) is 44.8 Å². The molecule has 0 bridgehead atoms. The number of nitrogens with zero attached hydrogens (tertiary/aromatic N) is 17. The first-order valence-corrected chi connectivity index (χ1v) is 39.3. The van der Waals surface area contributed by atoms with Gasteiger partial charge in [0, 0.05) is 115 Å². The van der Waals surface area contributed by atoms with Crippen LogP contribution in [0.25, 0.3) is 77.1 Å². The molecule has 0 fully saturated rings. The molecule has 17 rings (SSSR count). The van der Waals surface area contributed by atoms with E-state index < -0.39 is 0 Å². The molecule has 13 aromatic heterocycles.